The predicted octanol–water partition coefficient (Wildman–Crippen LogP) is 3.84. The van der Waals surface area contributed by atoms with Gasteiger partial charge in [0.25, 0.3) is 0 Å². The lowest BCUT2D eigenvalue weighted by Gasteiger charge is -2.09. The normalized spacial score (nSPS) is 10.8. The minimum absolute atomic E-state index is 0.132. The molecule has 0 aliphatic rings. The topological polar surface area (TPSA) is 47.0 Å². The molecule has 0 spiro atoms. The molecule has 21 heavy (non-hydrogen) atoms. The molecular formula is C15H14FN3OS. The van der Waals surface area contributed by atoms with Gasteiger partial charge < -0.3 is 10.1 Å². The lowest BCUT2D eigenvalue weighted by molar-refractivity contribution is 0.281. The van der Waals surface area contributed by atoms with Gasteiger partial charge in [0, 0.05) is 6.54 Å². The van der Waals surface area contributed by atoms with Crippen molar-refractivity contribution >= 4 is 27.4 Å². The molecule has 2 heterocycles. The van der Waals surface area contributed by atoms with Gasteiger partial charge in [-0.1, -0.05) is 12.1 Å². The van der Waals surface area contributed by atoms with Crippen LogP contribution in [0, 0.1) is 5.82 Å². The van der Waals surface area contributed by atoms with Gasteiger partial charge in [-0.05, 0) is 30.5 Å². The minimum Gasteiger partial charge on any atom is -0.483 e. The van der Waals surface area contributed by atoms with E-state index in [0.717, 1.165) is 22.6 Å². The number of nitrogens with one attached hydrogen (secondary N) is 1. The molecule has 0 aliphatic heterocycles. The third-order valence-electron chi connectivity index (χ3n) is 2.91. The van der Waals surface area contributed by atoms with Gasteiger partial charge in [-0.15, -0.1) is 11.3 Å². The Bertz CT molecular complexity index is 760. The van der Waals surface area contributed by atoms with E-state index in [4.69, 9.17) is 4.74 Å². The highest BCUT2D eigenvalue weighted by atomic mass is 32.1. The number of nitrogens with zero attached hydrogens (tertiary/aromatic N) is 2. The molecule has 2 aromatic heterocycles. The highest BCUT2D eigenvalue weighted by Gasteiger charge is 2.10. The van der Waals surface area contributed by atoms with Crippen LogP contribution in [0.2, 0.25) is 0 Å². The van der Waals surface area contributed by atoms with Crippen LogP contribution in [0.5, 0.6) is 5.75 Å². The van der Waals surface area contributed by atoms with Crippen molar-refractivity contribution in [2.75, 3.05) is 11.9 Å². The molecule has 3 aromatic rings. The summed E-state index contributed by atoms with van der Waals surface area (Å²) < 4.78 is 19.0. The van der Waals surface area contributed by atoms with Crippen molar-refractivity contribution in [1.82, 2.24) is 9.97 Å². The number of hydrogen-bond donors (Lipinski definition) is 1. The van der Waals surface area contributed by atoms with Gasteiger partial charge in [0.2, 0.25) is 0 Å². The Hall–Kier alpha value is -2.21. The zero-order chi connectivity index (χ0) is 14.7. The number of ether oxygens (including phenoxy) is 1. The molecule has 108 valence electrons. The quantitative estimate of drug-likeness (QED) is 0.778. The number of rotatable bonds is 5. The number of thiophene rings is 1. The summed E-state index contributed by atoms with van der Waals surface area (Å²) in [5.74, 6) is 1.14. The van der Waals surface area contributed by atoms with E-state index in [-0.39, 0.29) is 18.2 Å². The molecule has 0 amide bonds. The Kier molecular flexibility index (Phi) is 3.96. The Morgan fingerprint density at radius 1 is 1.24 bits per heavy atom. The first kappa shape index (κ1) is 13.8. The van der Waals surface area contributed by atoms with Gasteiger partial charge >= 0.3 is 0 Å². The second-order valence-corrected chi connectivity index (χ2v) is 5.27. The number of aromatic nitrogens is 2. The summed E-state index contributed by atoms with van der Waals surface area (Å²) in [6.45, 7) is 2.92. The van der Waals surface area contributed by atoms with Crippen LogP contribution in [0.3, 0.4) is 0 Å². The van der Waals surface area contributed by atoms with Gasteiger partial charge in [-0.3, -0.25) is 0 Å². The first-order valence-corrected chi connectivity index (χ1v) is 7.51. The molecule has 3 rings (SSSR count). The van der Waals surface area contributed by atoms with Crippen molar-refractivity contribution in [2.45, 2.75) is 13.5 Å². The Morgan fingerprint density at radius 3 is 2.90 bits per heavy atom. The minimum atomic E-state index is -0.387. The van der Waals surface area contributed by atoms with E-state index < -0.39 is 0 Å². The van der Waals surface area contributed by atoms with Crippen molar-refractivity contribution in [3.63, 3.8) is 0 Å². The molecule has 0 bridgehead atoms. The lowest BCUT2D eigenvalue weighted by atomic mass is 10.3. The zero-order valence-electron chi connectivity index (χ0n) is 11.5. The number of benzene rings is 1. The van der Waals surface area contributed by atoms with Crippen molar-refractivity contribution in [2.24, 2.45) is 0 Å². The summed E-state index contributed by atoms with van der Waals surface area (Å²) in [4.78, 5) is 9.78. The van der Waals surface area contributed by atoms with E-state index in [1.807, 2.05) is 18.4 Å². The monoisotopic (exact) mass is 303 g/mol. The van der Waals surface area contributed by atoms with E-state index in [9.17, 15) is 4.39 Å². The molecule has 6 heteroatoms. The second-order valence-electron chi connectivity index (χ2n) is 4.38. The van der Waals surface area contributed by atoms with Crippen LogP contribution in [0.1, 0.15) is 12.7 Å². The van der Waals surface area contributed by atoms with Crippen LogP contribution in [0.15, 0.2) is 35.7 Å². The van der Waals surface area contributed by atoms with Crippen LogP contribution >= 0.6 is 11.3 Å². The van der Waals surface area contributed by atoms with Crippen molar-refractivity contribution in [3.8, 4) is 5.75 Å². The van der Waals surface area contributed by atoms with E-state index in [1.54, 1.807) is 29.5 Å². The molecule has 4 nitrogen and oxygen atoms in total. The van der Waals surface area contributed by atoms with Gasteiger partial charge in [0.15, 0.2) is 17.4 Å². The van der Waals surface area contributed by atoms with Crippen LogP contribution < -0.4 is 10.1 Å². The lowest BCUT2D eigenvalue weighted by Crippen LogP contribution is -2.06. The number of hydrogen-bond acceptors (Lipinski definition) is 5. The second kappa shape index (κ2) is 6.05. The first-order chi connectivity index (χ1) is 10.3. The van der Waals surface area contributed by atoms with Gasteiger partial charge in [0.05, 0.1) is 5.39 Å². The summed E-state index contributed by atoms with van der Waals surface area (Å²) >= 11 is 1.55. The Morgan fingerprint density at radius 2 is 2.10 bits per heavy atom. The molecule has 0 unspecified atom stereocenters. The van der Waals surface area contributed by atoms with Crippen molar-refractivity contribution in [3.05, 3.63) is 47.4 Å². The molecular weight excluding hydrogens is 289 g/mol. The summed E-state index contributed by atoms with van der Waals surface area (Å²) in [7, 11) is 0. The molecule has 0 saturated carbocycles. The fourth-order valence-corrected chi connectivity index (χ4v) is 2.75. The maximum Gasteiger partial charge on any atom is 0.169 e. The van der Waals surface area contributed by atoms with Crippen LogP contribution in [-0.2, 0) is 6.61 Å². The average molecular weight is 303 g/mol. The largest absolute Gasteiger partial charge is 0.483 e. The summed E-state index contributed by atoms with van der Waals surface area (Å²) in [5, 5.41) is 6.18. The third-order valence-corrected chi connectivity index (χ3v) is 3.72. The number of fused-ring (bicyclic) bond motifs is 1. The van der Waals surface area contributed by atoms with E-state index in [0.29, 0.717) is 5.82 Å². The van der Waals surface area contributed by atoms with Gasteiger partial charge in [0.1, 0.15) is 17.3 Å². The fourth-order valence-electron chi connectivity index (χ4n) is 1.97. The van der Waals surface area contributed by atoms with Crippen LogP contribution in [-0.4, -0.2) is 16.5 Å². The molecule has 0 aliphatic carbocycles. The molecule has 0 saturated heterocycles. The molecule has 1 aromatic carbocycles. The first-order valence-electron chi connectivity index (χ1n) is 6.63. The van der Waals surface area contributed by atoms with Crippen molar-refractivity contribution in [1.29, 1.82) is 0 Å². The van der Waals surface area contributed by atoms with Gasteiger partial charge in [-0.2, -0.15) is 0 Å². The highest BCUT2D eigenvalue weighted by molar-refractivity contribution is 7.16. The smallest absolute Gasteiger partial charge is 0.169 e. The molecule has 1 N–H and O–H groups in total. The summed E-state index contributed by atoms with van der Waals surface area (Å²) in [6, 6.07) is 8.29. The number of anilines is 1. The number of halogens is 1. The Balaban J connectivity index is 1.85. The zero-order valence-corrected chi connectivity index (χ0v) is 12.3. The maximum atomic E-state index is 13.5. The standard InChI is InChI=1S/C15H14FN3OS/c1-2-17-14-10-7-8-21-15(10)19-13(18-14)9-20-12-6-4-3-5-11(12)16/h3-8H,2,9H2,1H3,(H,17,18,19). The van der Waals surface area contributed by atoms with E-state index in [2.05, 4.69) is 15.3 Å². The molecule has 0 atom stereocenters. The summed E-state index contributed by atoms with van der Waals surface area (Å²) in [5.41, 5.74) is 0. The number of para-hydroxylation sites is 1. The van der Waals surface area contributed by atoms with E-state index in [1.165, 1.54) is 6.07 Å². The van der Waals surface area contributed by atoms with E-state index >= 15 is 0 Å². The SMILES string of the molecule is CCNc1nc(COc2ccccc2F)nc2sccc12. The maximum absolute atomic E-state index is 13.5. The van der Waals surface area contributed by atoms with Crippen LogP contribution in [0.4, 0.5) is 10.2 Å². The Labute approximate surface area is 125 Å². The third kappa shape index (κ3) is 2.95. The average Bonchev–Trinajstić information content (AvgIpc) is 2.95. The highest BCUT2D eigenvalue weighted by Crippen LogP contribution is 2.25. The fraction of sp³-hybridized carbons (Fsp3) is 0.200. The predicted molar refractivity (Wildman–Crippen MR) is 82.3 cm³/mol. The van der Waals surface area contributed by atoms with Crippen molar-refractivity contribution < 1.29 is 9.13 Å². The molecule has 0 fully saturated rings. The van der Waals surface area contributed by atoms with Crippen LogP contribution in [0.25, 0.3) is 10.2 Å². The van der Waals surface area contributed by atoms with Gasteiger partial charge in [-0.25, -0.2) is 14.4 Å². The molecule has 0 radical (unpaired) electrons. The summed E-state index contributed by atoms with van der Waals surface area (Å²) in [6.07, 6.45) is 0.